The van der Waals surface area contributed by atoms with Crippen LogP contribution >= 0.6 is 23.1 Å². The molecule has 0 aliphatic carbocycles. The number of nitrogens with zero attached hydrogens (tertiary/aromatic N) is 4. The summed E-state index contributed by atoms with van der Waals surface area (Å²) in [6, 6.07) is 8.48. The maximum absolute atomic E-state index is 5.02. The van der Waals surface area contributed by atoms with Crippen LogP contribution in [0.2, 0.25) is 0 Å². The molecule has 0 saturated heterocycles. The number of oxime groups is 1. The normalized spacial score (nSPS) is 12.0. The molecule has 0 atom stereocenters. The molecule has 0 N–H and O–H groups in total. The lowest BCUT2D eigenvalue weighted by atomic mass is 10.2. The second-order valence-electron chi connectivity index (χ2n) is 4.79. The van der Waals surface area contributed by atoms with Crippen molar-refractivity contribution >= 4 is 33.8 Å². The van der Waals surface area contributed by atoms with Crippen molar-refractivity contribution in [2.75, 3.05) is 12.9 Å². The van der Waals surface area contributed by atoms with Crippen LogP contribution in [0.25, 0.3) is 4.96 Å². The van der Waals surface area contributed by atoms with E-state index in [1.165, 1.54) is 10.5 Å². The maximum Gasteiger partial charge on any atom is 0.212 e. The van der Waals surface area contributed by atoms with Crippen molar-refractivity contribution in [3.05, 3.63) is 46.7 Å². The number of fused-ring (bicyclic) bond motifs is 1. The molecule has 0 aliphatic heterocycles. The second kappa shape index (κ2) is 6.50. The van der Waals surface area contributed by atoms with E-state index in [0.717, 1.165) is 27.0 Å². The smallest absolute Gasteiger partial charge is 0.212 e. The fourth-order valence-corrected chi connectivity index (χ4v) is 4.02. The Bertz CT molecular complexity index is 805. The molecule has 0 aliphatic rings. The van der Waals surface area contributed by atoms with Crippen LogP contribution in [-0.2, 0) is 4.84 Å². The number of thioether (sulfide) groups is 1. The van der Waals surface area contributed by atoms with Crippen molar-refractivity contribution in [3.8, 4) is 0 Å². The van der Waals surface area contributed by atoms with Crippen molar-refractivity contribution in [2.24, 2.45) is 5.16 Å². The second-order valence-corrected chi connectivity index (χ2v) is 6.82. The number of rotatable bonds is 5. The minimum absolute atomic E-state index is 0.738. The first-order chi connectivity index (χ1) is 10.7. The quantitative estimate of drug-likeness (QED) is 0.407. The molecule has 3 aromatic rings. The van der Waals surface area contributed by atoms with Crippen molar-refractivity contribution < 1.29 is 4.84 Å². The zero-order chi connectivity index (χ0) is 15.5. The predicted molar refractivity (Wildman–Crippen MR) is 91.1 cm³/mol. The SMILES string of the molecule is CO/N=C(\CSc1ccc(C)cc1)c1sc2ncnn2c1C. The average molecular weight is 332 g/mol. The Balaban J connectivity index is 1.83. The van der Waals surface area contributed by atoms with E-state index in [1.54, 1.807) is 36.5 Å². The highest BCUT2D eigenvalue weighted by molar-refractivity contribution is 8.00. The first kappa shape index (κ1) is 15.1. The Hall–Kier alpha value is -1.86. The number of aryl methyl sites for hydroxylation is 2. The van der Waals surface area contributed by atoms with E-state index < -0.39 is 0 Å². The van der Waals surface area contributed by atoms with Gasteiger partial charge in [0.05, 0.1) is 10.6 Å². The van der Waals surface area contributed by atoms with E-state index in [4.69, 9.17) is 4.84 Å². The van der Waals surface area contributed by atoms with E-state index >= 15 is 0 Å². The van der Waals surface area contributed by atoms with Crippen LogP contribution in [-0.4, -0.2) is 33.2 Å². The predicted octanol–water partition coefficient (Wildman–Crippen LogP) is 3.55. The first-order valence-electron chi connectivity index (χ1n) is 6.78. The lowest BCUT2D eigenvalue weighted by Gasteiger charge is -2.05. The summed E-state index contributed by atoms with van der Waals surface area (Å²) in [5.41, 5.74) is 3.21. The van der Waals surface area contributed by atoms with Gasteiger partial charge < -0.3 is 4.84 Å². The summed E-state index contributed by atoms with van der Waals surface area (Å²) in [5.74, 6) is 0.738. The van der Waals surface area contributed by atoms with Gasteiger partial charge in [-0.25, -0.2) is 9.50 Å². The van der Waals surface area contributed by atoms with Gasteiger partial charge >= 0.3 is 0 Å². The Morgan fingerprint density at radius 1 is 1.32 bits per heavy atom. The van der Waals surface area contributed by atoms with Gasteiger partial charge in [0.15, 0.2) is 0 Å². The van der Waals surface area contributed by atoms with Gasteiger partial charge in [-0.1, -0.05) is 34.2 Å². The fourth-order valence-electron chi connectivity index (χ4n) is 2.09. The molecule has 2 heterocycles. The zero-order valence-corrected chi connectivity index (χ0v) is 14.2. The Morgan fingerprint density at radius 2 is 2.09 bits per heavy atom. The Labute approximate surface area is 137 Å². The van der Waals surface area contributed by atoms with Gasteiger partial charge in [-0.2, -0.15) is 5.10 Å². The number of hydrogen-bond acceptors (Lipinski definition) is 6. The van der Waals surface area contributed by atoms with Crippen LogP contribution in [0.3, 0.4) is 0 Å². The highest BCUT2D eigenvalue weighted by Gasteiger charge is 2.16. The van der Waals surface area contributed by atoms with Gasteiger partial charge in [0.1, 0.15) is 19.1 Å². The van der Waals surface area contributed by atoms with E-state index in [-0.39, 0.29) is 0 Å². The lowest BCUT2D eigenvalue weighted by molar-refractivity contribution is 0.213. The summed E-state index contributed by atoms with van der Waals surface area (Å²) in [6.45, 7) is 4.11. The third-order valence-electron chi connectivity index (χ3n) is 3.22. The highest BCUT2D eigenvalue weighted by atomic mass is 32.2. The molecule has 3 rings (SSSR count). The molecule has 5 nitrogen and oxygen atoms in total. The van der Waals surface area contributed by atoms with Gasteiger partial charge in [-0.3, -0.25) is 0 Å². The maximum atomic E-state index is 5.02. The van der Waals surface area contributed by atoms with Gasteiger partial charge in [0.25, 0.3) is 0 Å². The van der Waals surface area contributed by atoms with Crippen molar-refractivity contribution in [3.63, 3.8) is 0 Å². The molecular weight excluding hydrogens is 316 g/mol. The van der Waals surface area contributed by atoms with Crippen LogP contribution < -0.4 is 0 Å². The third-order valence-corrected chi connectivity index (χ3v) is 5.44. The third kappa shape index (κ3) is 3.00. The molecule has 0 bridgehead atoms. The van der Waals surface area contributed by atoms with Crippen LogP contribution in [0, 0.1) is 13.8 Å². The number of hydrogen-bond donors (Lipinski definition) is 0. The average Bonchev–Trinajstić information content (AvgIpc) is 3.09. The van der Waals surface area contributed by atoms with Crippen LogP contribution in [0.1, 0.15) is 16.1 Å². The summed E-state index contributed by atoms with van der Waals surface area (Å²) in [4.78, 5) is 12.4. The molecular formula is C15H16N4OS2. The minimum atomic E-state index is 0.738. The molecule has 1 aromatic carbocycles. The van der Waals surface area contributed by atoms with Crippen LogP contribution in [0.5, 0.6) is 0 Å². The van der Waals surface area contributed by atoms with Crippen molar-refractivity contribution in [2.45, 2.75) is 18.7 Å². The summed E-state index contributed by atoms with van der Waals surface area (Å²) >= 11 is 3.32. The zero-order valence-electron chi connectivity index (χ0n) is 12.6. The molecule has 0 spiro atoms. The first-order valence-corrected chi connectivity index (χ1v) is 8.58. The minimum Gasteiger partial charge on any atom is -0.399 e. The van der Waals surface area contributed by atoms with E-state index in [9.17, 15) is 0 Å². The van der Waals surface area contributed by atoms with Gasteiger partial charge in [-0.15, -0.1) is 11.8 Å². The summed E-state index contributed by atoms with van der Waals surface area (Å²) in [7, 11) is 1.57. The fraction of sp³-hybridized carbons (Fsp3) is 0.267. The van der Waals surface area contributed by atoms with E-state index in [1.807, 2.05) is 11.4 Å². The van der Waals surface area contributed by atoms with Crippen LogP contribution in [0.15, 0.2) is 40.6 Å². The molecule has 0 radical (unpaired) electrons. The van der Waals surface area contributed by atoms with Crippen LogP contribution in [0.4, 0.5) is 0 Å². The molecule has 7 heteroatoms. The summed E-state index contributed by atoms with van der Waals surface area (Å²) in [5, 5.41) is 8.42. The molecule has 22 heavy (non-hydrogen) atoms. The van der Waals surface area contributed by atoms with Crippen molar-refractivity contribution in [1.82, 2.24) is 14.6 Å². The topological polar surface area (TPSA) is 51.8 Å². The number of thiazole rings is 1. The largest absolute Gasteiger partial charge is 0.399 e. The Morgan fingerprint density at radius 3 is 2.77 bits per heavy atom. The monoisotopic (exact) mass is 332 g/mol. The summed E-state index contributed by atoms with van der Waals surface area (Å²) < 4.78 is 1.84. The lowest BCUT2D eigenvalue weighted by Crippen LogP contribution is -2.06. The molecule has 2 aromatic heterocycles. The molecule has 114 valence electrons. The van der Waals surface area contributed by atoms with Gasteiger partial charge in [0.2, 0.25) is 4.96 Å². The van der Waals surface area contributed by atoms with Crippen molar-refractivity contribution in [1.29, 1.82) is 0 Å². The van der Waals surface area contributed by atoms with Gasteiger partial charge in [-0.05, 0) is 26.0 Å². The molecule has 0 amide bonds. The van der Waals surface area contributed by atoms with Gasteiger partial charge in [0, 0.05) is 10.6 Å². The summed E-state index contributed by atoms with van der Waals surface area (Å²) in [6.07, 6.45) is 1.57. The van der Waals surface area contributed by atoms with E-state index in [0.29, 0.717) is 0 Å². The number of benzene rings is 1. The molecule has 0 saturated carbocycles. The van der Waals surface area contributed by atoms with E-state index in [2.05, 4.69) is 46.4 Å². The number of aromatic nitrogens is 3. The molecule has 0 fully saturated rings. The standard InChI is InChI=1S/C15H16N4OS2/c1-10-4-6-12(7-5-10)21-8-13(18-20-3)14-11(2)19-15(22-14)16-9-17-19/h4-7,9H,8H2,1-3H3/b18-13+. The Kier molecular flexibility index (Phi) is 4.44. The molecule has 0 unspecified atom stereocenters. The highest BCUT2D eigenvalue weighted by Crippen LogP contribution is 2.25.